The van der Waals surface area contributed by atoms with E-state index in [0.29, 0.717) is 6.54 Å². The van der Waals surface area contributed by atoms with E-state index >= 15 is 0 Å². The monoisotopic (exact) mass is 353 g/mol. The van der Waals surface area contributed by atoms with E-state index in [2.05, 4.69) is 39.4 Å². The zero-order valence-electron chi connectivity index (χ0n) is 15.5. The van der Waals surface area contributed by atoms with E-state index in [0.717, 1.165) is 37.5 Å². The number of ether oxygens (including phenoxy) is 1. The molecule has 0 unspecified atom stereocenters. The molecule has 1 saturated heterocycles. The molecule has 1 aliphatic rings. The van der Waals surface area contributed by atoms with Crippen LogP contribution in [0.3, 0.4) is 0 Å². The summed E-state index contributed by atoms with van der Waals surface area (Å²) in [6, 6.07) is 18.1. The van der Waals surface area contributed by atoms with E-state index in [1.54, 1.807) is 7.11 Å². The highest BCUT2D eigenvalue weighted by Gasteiger charge is 2.25. The van der Waals surface area contributed by atoms with Crippen molar-refractivity contribution in [1.29, 1.82) is 0 Å². The van der Waals surface area contributed by atoms with Crippen molar-refractivity contribution in [3.63, 3.8) is 0 Å². The number of para-hydroxylation sites is 1. The second-order valence-corrected chi connectivity index (χ2v) is 6.60. The molecule has 0 aromatic heterocycles. The number of methoxy groups -OCH3 is 1. The second kappa shape index (κ2) is 8.72. The molecule has 26 heavy (non-hydrogen) atoms. The molecule has 1 N–H and O–H groups in total. The highest BCUT2D eigenvalue weighted by molar-refractivity contribution is 5.81. The first-order chi connectivity index (χ1) is 12.7. The first-order valence-corrected chi connectivity index (χ1v) is 9.12. The Labute approximate surface area is 155 Å². The van der Waals surface area contributed by atoms with Crippen LogP contribution >= 0.6 is 0 Å². The maximum Gasteiger partial charge on any atom is 0.237 e. The van der Waals surface area contributed by atoms with E-state index in [4.69, 9.17) is 4.74 Å². The van der Waals surface area contributed by atoms with Crippen molar-refractivity contribution in [2.45, 2.75) is 19.5 Å². The van der Waals surface area contributed by atoms with Crippen molar-refractivity contribution in [3.05, 3.63) is 60.2 Å². The lowest BCUT2D eigenvalue weighted by atomic mass is 10.1. The lowest BCUT2D eigenvalue weighted by Crippen LogP contribution is -2.53. The molecule has 0 spiro atoms. The Morgan fingerprint density at radius 1 is 1.04 bits per heavy atom. The average molecular weight is 353 g/mol. The molecule has 5 heteroatoms. The van der Waals surface area contributed by atoms with Gasteiger partial charge in [0.15, 0.2) is 0 Å². The molecule has 1 aliphatic heterocycles. The van der Waals surface area contributed by atoms with Gasteiger partial charge in [0.2, 0.25) is 5.91 Å². The van der Waals surface area contributed by atoms with Crippen LogP contribution in [0.25, 0.3) is 0 Å². The number of rotatable bonds is 6. The summed E-state index contributed by atoms with van der Waals surface area (Å²) in [6.07, 6.45) is 0. The quantitative estimate of drug-likeness (QED) is 0.867. The summed E-state index contributed by atoms with van der Waals surface area (Å²) < 4.78 is 5.15. The number of hydrogen-bond acceptors (Lipinski definition) is 4. The standard InChI is InChI=1S/C21H27N3O2/c1-17(21(25)22-16-18-8-10-20(26-2)11-9-18)23-12-14-24(15-13-23)19-6-4-3-5-7-19/h3-11,17H,12-16H2,1-2H3,(H,22,25)/t17-/m0/s1. The fourth-order valence-corrected chi connectivity index (χ4v) is 3.25. The minimum absolute atomic E-state index is 0.0778. The van der Waals surface area contributed by atoms with Gasteiger partial charge >= 0.3 is 0 Å². The molecule has 138 valence electrons. The van der Waals surface area contributed by atoms with Gasteiger partial charge in [0.25, 0.3) is 0 Å². The molecule has 1 heterocycles. The maximum atomic E-state index is 12.5. The largest absolute Gasteiger partial charge is 0.497 e. The van der Waals surface area contributed by atoms with Crippen LogP contribution in [0.2, 0.25) is 0 Å². The Bertz CT molecular complexity index is 695. The third-order valence-electron chi connectivity index (χ3n) is 4.99. The molecular weight excluding hydrogens is 326 g/mol. The van der Waals surface area contributed by atoms with Gasteiger partial charge in [-0.25, -0.2) is 0 Å². The van der Waals surface area contributed by atoms with Gasteiger partial charge in [-0.1, -0.05) is 30.3 Å². The lowest BCUT2D eigenvalue weighted by molar-refractivity contribution is -0.126. The molecule has 3 rings (SSSR count). The molecule has 1 atom stereocenters. The maximum absolute atomic E-state index is 12.5. The van der Waals surface area contributed by atoms with Gasteiger partial charge < -0.3 is 15.0 Å². The lowest BCUT2D eigenvalue weighted by Gasteiger charge is -2.38. The first kappa shape index (κ1) is 18.3. The first-order valence-electron chi connectivity index (χ1n) is 9.12. The van der Waals surface area contributed by atoms with Crippen molar-refractivity contribution in [3.8, 4) is 5.75 Å². The molecule has 0 radical (unpaired) electrons. The highest BCUT2D eigenvalue weighted by Crippen LogP contribution is 2.17. The fourth-order valence-electron chi connectivity index (χ4n) is 3.25. The zero-order valence-corrected chi connectivity index (χ0v) is 15.5. The summed E-state index contributed by atoms with van der Waals surface area (Å²) in [6.45, 7) is 6.21. The van der Waals surface area contributed by atoms with Crippen molar-refractivity contribution in [2.75, 3.05) is 38.2 Å². The van der Waals surface area contributed by atoms with E-state index in [1.165, 1.54) is 5.69 Å². The molecule has 1 amide bonds. The number of anilines is 1. The normalized spacial score (nSPS) is 16.2. The summed E-state index contributed by atoms with van der Waals surface area (Å²) in [7, 11) is 1.65. The van der Waals surface area contributed by atoms with Crippen LogP contribution in [-0.2, 0) is 11.3 Å². The molecule has 0 aliphatic carbocycles. The SMILES string of the molecule is COc1ccc(CNC(=O)[C@H](C)N2CCN(c3ccccc3)CC2)cc1. The van der Waals surface area contributed by atoms with Crippen LogP contribution in [0.5, 0.6) is 5.75 Å². The zero-order chi connectivity index (χ0) is 18.4. The Hall–Kier alpha value is -2.53. The Morgan fingerprint density at radius 2 is 1.69 bits per heavy atom. The predicted octanol–water partition coefficient (Wildman–Crippen LogP) is 2.52. The van der Waals surface area contributed by atoms with Crippen molar-refractivity contribution in [2.24, 2.45) is 0 Å². The number of benzene rings is 2. The average Bonchev–Trinajstić information content (AvgIpc) is 2.72. The molecule has 2 aromatic rings. The Kier molecular flexibility index (Phi) is 6.12. The number of nitrogens with one attached hydrogen (secondary N) is 1. The van der Waals surface area contributed by atoms with Crippen LogP contribution in [-0.4, -0.2) is 50.1 Å². The highest BCUT2D eigenvalue weighted by atomic mass is 16.5. The van der Waals surface area contributed by atoms with Crippen LogP contribution < -0.4 is 15.0 Å². The minimum Gasteiger partial charge on any atom is -0.497 e. The fraction of sp³-hybridized carbons (Fsp3) is 0.381. The van der Waals surface area contributed by atoms with Gasteiger partial charge in [0.05, 0.1) is 13.2 Å². The molecule has 0 bridgehead atoms. The van der Waals surface area contributed by atoms with Gasteiger partial charge in [0.1, 0.15) is 5.75 Å². The van der Waals surface area contributed by atoms with Gasteiger partial charge in [0, 0.05) is 38.4 Å². The van der Waals surface area contributed by atoms with Gasteiger partial charge in [-0.3, -0.25) is 9.69 Å². The van der Waals surface area contributed by atoms with Crippen LogP contribution in [0, 0.1) is 0 Å². The second-order valence-electron chi connectivity index (χ2n) is 6.60. The Balaban J connectivity index is 1.46. The summed E-state index contributed by atoms with van der Waals surface area (Å²) in [5.74, 6) is 0.902. The molecular formula is C21H27N3O2. The van der Waals surface area contributed by atoms with Crippen LogP contribution in [0.4, 0.5) is 5.69 Å². The van der Waals surface area contributed by atoms with Crippen molar-refractivity contribution in [1.82, 2.24) is 10.2 Å². The van der Waals surface area contributed by atoms with Crippen molar-refractivity contribution < 1.29 is 9.53 Å². The molecule has 1 fully saturated rings. The molecule has 2 aromatic carbocycles. The van der Waals surface area contributed by atoms with Crippen LogP contribution in [0.15, 0.2) is 54.6 Å². The van der Waals surface area contributed by atoms with E-state index in [9.17, 15) is 4.79 Å². The third-order valence-corrected chi connectivity index (χ3v) is 4.99. The van der Waals surface area contributed by atoms with E-state index in [-0.39, 0.29) is 11.9 Å². The smallest absolute Gasteiger partial charge is 0.237 e. The summed E-state index contributed by atoms with van der Waals surface area (Å²) >= 11 is 0. The molecule has 5 nitrogen and oxygen atoms in total. The topological polar surface area (TPSA) is 44.8 Å². The number of amides is 1. The minimum atomic E-state index is -0.119. The van der Waals surface area contributed by atoms with Crippen LogP contribution in [0.1, 0.15) is 12.5 Å². The molecule has 0 saturated carbocycles. The van der Waals surface area contributed by atoms with E-state index in [1.807, 2.05) is 37.3 Å². The van der Waals surface area contributed by atoms with Crippen molar-refractivity contribution >= 4 is 11.6 Å². The summed E-state index contributed by atoms with van der Waals surface area (Å²) in [5.41, 5.74) is 2.32. The predicted molar refractivity (Wildman–Crippen MR) is 105 cm³/mol. The number of carbonyl (C=O) groups is 1. The van der Waals surface area contributed by atoms with E-state index < -0.39 is 0 Å². The third kappa shape index (κ3) is 4.55. The Morgan fingerprint density at radius 3 is 2.31 bits per heavy atom. The number of carbonyl (C=O) groups excluding carboxylic acids is 1. The summed E-state index contributed by atoms with van der Waals surface area (Å²) in [4.78, 5) is 17.1. The summed E-state index contributed by atoms with van der Waals surface area (Å²) in [5, 5.41) is 3.04. The van der Waals surface area contributed by atoms with Gasteiger partial charge in [-0.05, 0) is 36.8 Å². The number of nitrogens with zero attached hydrogens (tertiary/aromatic N) is 2. The number of hydrogen-bond donors (Lipinski definition) is 1. The van der Waals surface area contributed by atoms with Gasteiger partial charge in [-0.2, -0.15) is 0 Å². The van der Waals surface area contributed by atoms with Gasteiger partial charge in [-0.15, -0.1) is 0 Å². The number of piperazine rings is 1.